The molecule has 0 aliphatic carbocycles. The summed E-state index contributed by atoms with van der Waals surface area (Å²) in [7, 11) is 0. The summed E-state index contributed by atoms with van der Waals surface area (Å²) >= 11 is 3.36. The Morgan fingerprint density at radius 1 is 1.08 bits per heavy atom. The van der Waals surface area contributed by atoms with Gasteiger partial charge in [0.05, 0.1) is 23.3 Å². The molecule has 1 atom stereocenters. The van der Waals surface area contributed by atoms with E-state index >= 15 is 0 Å². The van der Waals surface area contributed by atoms with Crippen molar-refractivity contribution in [2.45, 2.75) is 20.0 Å². The molecule has 10 nitrogen and oxygen atoms in total. The van der Waals surface area contributed by atoms with Gasteiger partial charge in [-0.3, -0.25) is 14.9 Å². The molecule has 3 aromatic carbocycles. The summed E-state index contributed by atoms with van der Waals surface area (Å²) in [5.74, 6) is 0.0673. The van der Waals surface area contributed by atoms with Gasteiger partial charge in [-0.25, -0.2) is 10.2 Å². The minimum Gasteiger partial charge on any atom is -0.494 e. The molecule has 0 aromatic heterocycles. The van der Waals surface area contributed by atoms with Crippen molar-refractivity contribution in [1.82, 2.24) is 5.43 Å². The van der Waals surface area contributed by atoms with Gasteiger partial charge in [-0.15, -0.1) is 0 Å². The monoisotopic (exact) mass is 555 g/mol. The van der Waals surface area contributed by atoms with Crippen LogP contribution in [0.2, 0.25) is 0 Å². The smallest absolute Gasteiger partial charge is 0.343 e. The Balaban J connectivity index is 1.62. The SMILES string of the molecule is CCOc1ccc(C(=O)Oc2ccc(Br)cc2/C=N\NC(=O)[C@@H](C)Oc2ccc([N+](=O)[O-])cc2)cc1. The number of amides is 1. The molecule has 0 unspecified atom stereocenters. The maximum Gasteiger partial charge on any atom is 0.343 e. The minimum atomic E-state index is -0.928. The Morgan fingerprint density at radius 2 is 1.75 bits per heavy atom. The van der Waals surface area contributed by atoms with E-state index in [2.05, 4.69) is 26.5 Å². The summed E-state index contributed by atoms with van der Waals surface area (Å²) < 4.78 is 17.1. The fraction of sp³-hybridized carbons (Fsp3) is 0.160. The van der Waals surface area contributed by atoms with Crippen LogP contribution in [0, 0.1) is 10.1 Å². The topological polar surface area (TPSA) is 129 Å². The molecule has 186 valence electrons. The van der Waals surface area contributed by atoms with Gasteiger partial charge in [0, 0.05) is 22.2 Å². The van der Waals surface area contributed by atoms with Crippen LogP contribution in [0.5, 0.6) is 17.2 Å². The first-order chi connectivity index (χ1) is 17.3. The first kappa shape index (κ1) is 26.4. The number of halogens is 1. The Hall–Kier alpha value is -4.25. The fourth-order valence-electron chi connectivity index (χ4n) is 2.89. The van der Waals surface area contributed by atoms with Crippen molar-refractivity contribution in [2.24, 2.45) is 5.10 Å². The molecule has 0 radical (unpaired) electrons. The van der Waals surface area contributed by atoms with Crippen LogP contribution in [0.3, 0.4) is 0 Å². The lowest BCUT2D eigenvalue weighted by Gasteiger charge is -2.12. The summed E-state index contributed by atoms with van der Waals surface area (Å²) in [5.41, 5.74) is 3.05. The van der Waals surface area contributed by atoms with E-state index in [4.69, 9.17) is 14.2 Å². The maximum atomic E-state index is 12.6. The molecule has 11 heteroatoms. The van der Waals surface area contributed by atoms with Crippen LogP contribution in [0.4, 0.5) is 5.69 Å². The summed E-state index contributed by atoms with van der Waals surface area (Å²) in [6, 6.07) is 16.9. The van der Waals surface area contributed by atoms with Crippen LogP contribution in [0.25, 0.3) is 0 Å². The second-order valence-corrected chi connectivity index (χ2v) is 8.19. The number of nitrogens with one attached hydrogen (secondary N) is 1. The van der Waals surface area contributed by atoms with Gasteiger partial charge in [0.2, 0.25) is 0 Å². The highest BCUT2D eigenvalue weighted by Gasteiger charge is 2.16. The van der Waals surface area contributed by atoms with E-state index in [1.807, 2.05) is 6.92 Å². The number of nitro groups is 1. The molecule has 0 fully saturated rings. The van der Waals surface area contributed by atoms with E-state index in [0.29, 0.717) is 33.7 Å². The highest BCUT2D eigenvalue weighted by atomic mass is 79.9. The van der Waals surface area contributed by atoms with Crippen LogP contribution >= 0.6 is 15.9 Å². The van der Waals surface area contributed by atoms with Gasteiger partial charge >= 0.3 is 5.97 Å². The molecule has 3 aromatic rings. The number of hydrogen-bond acceptors (Lipinski definition) is 8. The predicted molar refractivity (Wildman–Crippen MR) is 136 cm³/mol. The summed E-state index contributed by atoms with van der Waals surface area (Å²) in [6.07, 6.45) is 0.408. The van der Waals surface area contributed by atoms with Crippen molar-refractivity contribution < 1.29 is 28.7 Å². The number of rotatable bonds is 10. The van der Waals surface area contributed by atoms with E-state index in [1.54, 1.807) is 42.5 Å². The van der Waals surface area contributed by atoms with Crippen molar-refractivity contribution in [2.75, 3.05) is 6.61 Å². The fourth-order valence-corrected chi connectivity index (χ4v) is 3.27. The molecule has 36 heavy (non-hydrogen) atoms. The van der Waals surface area contributed by atoms with E-state index in [9.17, 15) is 19.7 Å². The van der Waals surface area contributed by atoms with Crippen molar-refractivity contribution in [1.29, 1.82) is 0 Å². The average molecular weight is 556 g/mol. The Kier molecular flexibility index (Phi) is 9.12. The molecular weight excluding hydrogens is 534 g/mol. The zero-order valence-electron chi connectivity index (χ0n) is 19.3. The van der Waals surface area contributed by atoms with Gasteiger partial charge in [-0.05, 0) is 68.4 Å². The van der Waals surface area contributed by atoms with E-state index in [0.717, 1.165) is 0 Å². The highest BCUT2D eigenvalue weighted by Crippen LogP contribution is 2.23. The number of hydrazone groups is 1. The first-order valence-electron chi connectivity index (χ1n) is 10.8. The van der Waals surface area contributed by atoms with Gasteiger partial charge in [0.15, 0.2) is 6.10 Å². The molecule has 1 amide bonds. The molecule has 0 heterocycles. The van der Waals surface area contributed by atoms with Crippen molar-refractivity contribution in [3.8, 4) is 17.2 Å². The van der Waals surface area contributed by atoms with Gasteiger partial charge in [0.25, 0.3) is 11.6 Å². The number of carbonyl (C=O) groups is 2. The lowest BCUT2D eigenvalue weighted by molar-refractivity contribution is -0.384. The van der Waals surface area contributed by atoms with E-state index < -0.39 is 22.9 Å². The van der Waals surface area contributed by atoms with Crippen LogP contribution in [-0.2, 0) is 4.79 Å². The van der Waals surface area contributed by atoms with E-state index in [1.165, 1.54) is 37.4 Å². The third-order valence-electron chi connectivity index (χ3n) is 4.68. The Labute approximate surface area is 215 Å². The molecule has 0 saturated carbocycles. The van der Waals surface area contributed by atoms with Crippen LogP contribution in [0.1, 0.15) is 29.8 Å². The third-order valence-corrected chi connectivity index (χ3v) is 5.18. The zero-order chi connectivity index (χ0) is 26.1. The van der Waals surface area contributed by atoms with Crippen molar-refractivity contribution in [3.05, 3.63) is 92.4 Å². The molecule has 0 aliphatic heterocycles. The number of carbonyl (C=O) groups excluding carboxylic acids is 2. The molecule has 3 rings (SSSR count). The second-order valence-electron chi connectivity index (χ2n) is 7.27. The molecular formula is C25H22BrN3O7. The largest absolute Gasteiger partial charge is 0.494 e. The predicted octanol–water partition coefficient (Wildman–Crippen LogP) is 4.89. The molecule has 0 saturated heterocycles. The van der Waals surface area contributed by atoms with Gasteiger partial charge in [-0.1, -0.05) is 15.9 Å². The Morgan fingerprint density at radius 3 is 2.39 bits per heavy atom. The van der Waals surface area contributed by atoms with Crippen LogP contribution < -0.4 is 19.6 Å². The zero-order valence-corrected chi connectivity index (χ0v) is 20.9. The van der Waals surface area contributed by atoms with E-state index in [-0.39, 0.29) is 11.4 Å². The molecule has 0 aliphatic rings. The van der Waals surface area contributed by atoms with Crippen molar-refractivity contribution >= 4 is 39.7 Å². The average Bonchev–Trinajstić information content (AvgIpc) is 2.86. The number of esters is 1. The lowest BCUT2D eigenvalue weighted by atomic mass is 10.2. The first-order valence-corrected chi connectivity index (χ1v) is 11.5. The highest BCUT2D eigenvalue weighted by molar-refractivity contribution is 9.10. The van der Waals surface area contributed by atoms with Crippen LogP contribution in [0.15, 0.2) is 76.3 Å². The van der Waals surface area contributed by atoms with Crippen molar-refractivity contribution in [3.63, 3.8) is 0 Å². The second kappa shape index (κ2) is 12.5. The summed E-state index contributed by atoms with van der Waals surface area (Å²) in [5, 5.41) is 14.7. The summed E-state index contributed by atoms with van der Waals surface area (Å²) in [4.78, 5) is 35.1. The maximum absolute atomic E-state index is 12.6. The quantitative estimate of drug-likeness (QED) is 0.124. The molecule has 1 N–H and O–H groups in total. The number of nitro benzene ring substituents is 1. The summed E-state index contributed by atoms with van der Waals surface area (Å²) in [6.45, 7) is 3.90. The molecule has 0 bridgehead atoms. The minimum absolute atomic E-state index is 0.0860. The number of nitrogens with zero attached hydrogens (tertiary/aromatic N) is 2. The number of non-ortho nitro benzene ring substituents is 1. The van der Waals surface area contributed by atoms with Gasteiger partial charge in [-0.2, -0.15) is 5.10 Å². The standard InChI is InChI=1S/C25H22BrN3O7/c1-3-34-21-9-4-17(5-10-21)25(31)36-23-13-6-19(26)14-18(23)15-27-28-24(30)16(2)35-22-11-7-20(8-12-22)29(32)33/h4-16H,3H2,1-2H3,(H,28,30)/b27-15-/t16-/m1/s1. The Bertz CT molecular complexity index is 1260. The lowest BCUT2D eigenvalue weighted by Crippen LogP contribution is -2.33. The van der Waals surface area contributed by atoms with Gasteiger partial charge in [0.1, 0.15) is 17.2 Å². The number of benzene rings is 3. The third kappa shape index (κ3) is 7.37. The van der Waals surface area contributed by atoms with Gasteiger partial charge < -0.3 is 14.2 Å². The molecule has 0 spiro atoms. The van der Waals surface area contributed by atoms with Crippen LogP contribution in [-0.4, -0.2) is 35.7 Å². The number of hydrogen-bond donors (Lipinski definition) is 1. The number of ether oxygens (including phenoxy) is 3. The normalized spacial score (nSPS) is 11.5.